The quantitative estimate of drug-likeness (QED) is 0.736. The van der Waals surface area contributed by atoms with Crippen molar-refractivity contribution >= 4 is 12.0 Å². The van der Waals surface area contributed by atoms with Gasteiger partial charge in [0.05, 0.1) is 17.4 Å². The number of nitriles is 1. The van der Waals surface area contributed by atoms with Crippen molar-refractivity contribution in [2.75, 3.05) is 20.1 Å². The molecule has 1 aliphatic rings. The summed E-state index contributed by atoms with van der Waals surface area (Å²) in [6.45, 7) is 2.22. The molecule has 1 fully saturated rings. The summed E-state index contributed by atoms with van der Waals surface area (Å²) in [6, 6.07) is 1.70. The molecule has 6 heteroatoms. The van der Waals surface area contributed by atoms with Crippen molar-refractivity contribution in [1.29, 1.82) is 5.26 Å². The number of carbonyl (C=O) groups is 2. The van der Waals surface area contributed by atoms with Crippen LogP contribution < -0.4 is 5.32 Å². The van der Waals surface area contributed by atoms with Crippen LogP contribution in [0.4, 0.5) is 4.79 Å². The standard InChI is InChI=1S/C11H17N3O3/c1-8(5-12)6-14(2)10(17)13-7-11(3-4-11)9(15)16/h8H,3-4,6-7H2,1-2H3,(H,13,17)(H,15,16). The molecule has 0 aliphatic heterocycles. The monoisotopic (exact) mass is 239 g/mol. The highest BCUT2D eigenvalue weighted by atomic mass is 16.4. The summed E-state index contributed by atoms with van der Waals surface area (Å²) in [5.74, 6) is -1.09. The minimum absolute atomic E-state index is 0.159. The van der Waals surface area contributed by atoms with Crippen LogP contribution in [0.3, 0.4) is 0 Å². The SMILES string of the molecule is CC(C#N)CN(C)C(=O)NCC1(C(=O)O)CC1. The zero-order valence-corrected chi connectivity index (χ0v) is 10.1. The normalized spacial score (nSPS) is 17.7. The van der Waals surface area contributed by atoms with Crippen LogP contribution in [-0.2, 0) is 4.79 Å². The van der Waals surface area contributed by atoms with E-state index >= 15 is 0 Å². The van der Waals surface area contributed by atoms with Crippen LogP contribution in [0.2, 0.25) is 0 Å². The Morgan fingerprint density at radius 2 is 2.18 bits per heavy atom. The number of amides is 2. The molecule has 1 saturated carbocycles. The first-order chi connectivity index (χ1) is 7.91. The second kappa shape index (κ2) is 5.04. The average Bonchev–Trinajstić information content (AvgIpc) is 3.06. The van der Waals surface area contributed by atoms with E-state index in [0.717, 1.165) is 0 Å². The molecular weight excluding hydrogens is 222 g/mol. The van der Waals surface area contributed by atoms with Gasteiger partial charge in [-0.3, -0.25) is 4.79 Å². The second-order valence-corrected chi connectivity index (χ2v) is 4.65. The first-order valence-corrected chi connectivity index (χ1v) is 5.53. The van der Waals surface area contributed by atoms with E-state index in [4.69, 9.17) is 10.4 Å². The van der Waals surface area contributed by atoms with E-state index in [1.807, 2.05) is 6.07 Å². The molecule has 0 radical (unpaired) electrons. The largest absolute Gasteiger partial charge is 0.481 e. The van der Waals surface area contributed by atoms with Crippen molar-refractivity contribution in [2.24, 2.45) is 11.3 Å². The van der Waals surface area contributed by atoms with Crippen molar-refractivity contribution in [2.45, 2.75) is 19.8 Å². The summed E-state index contributed by atoms with van der Waals surface area (Å²) in [4.78, 5) is 23.9. The number of carbonyl (C=O) groups excluding carboxylic acids is 1. The number of aliphatic carboxylic acids is 1. The van der Waals surface area contributed by atoms with Crippen LogP contribution in [-0.4, -0.2) is 42.1 Å². The lowest BCUT2D eigenvalue weighted by Gasteiger charge is -2.20. The lowest BCUT2D eigenvalue weighted by Crippen LogP contribution is -2.43. The molecule has 0 saturated heterocycles. The van der Waals surface area contributed by atoms with Gasteiger partial charge in [0, 0.05) is 20.1 Å². The fourth-order valence-electron chi connectivity index (χ4n) is 1.53. The Bertz CT molecular complexity index is 357. The fraction of sp³-hybridized carbons (Fsp3) is 0.727. The molecule has 0 spiro atoms. The molecule has 2 N–H and O–H groups in total. The summed E-state index contributed by atoms with van der Waals surface area (Å²) >= 11 is 0. The van der Waals surface area contributed by atoms with Gasteiger partial charge in [-0.15, -0.1) is 0 Å². The molecule has 2 amide bonds. The summed E-state index contributed by atoms with van der Waals surface area (Å²) in [5, 5.41) is 20.1. The molecule has 94 valence electrons. The van der Waals surface area contributed by atoms with E-state index in [-0.39, 0.29) is 18.5 Å². The molecule has 1 rings (SSSR count). The predicted molar refractivity (Wildman–Crippen MR) is 60.1 cm³/mol. The van der Waals surface area contributed by atoms with E-state index < -0.39 is 11.4 Å². The Hall–Kier alpha value is -1.77. The fourth-order valence-corrected chi connectivity index (χ4v) is 1.53. The van der Waals surface area contributed by atoms with Gasteiger partial charge in [0.2, 0.25) is 0 Å². The molecule has 0 heterocycles. The first kappa shape index (κ1) is 13.3. The van der Waals surface area contributed by atoms with Gasteiger partial charge in [0.15, 0.2) is 0 Å². The Balaban J connectivity index is 2.35. The molecule has 0 aromatic rings. The highest BCUT2D eigenvalue weighted by molar-refractivity contribution is 5.80. The number of carboxylic acid groups (broad SMARTS) is 1. The van der Waals surface area contributed by atoms with Crippen LogP contribution in [0, 0.1) is 22.7 Å². The third-order valence-electron chi connectivity index (χ3n) is 3.00. The van der Waals surface area contributed by atoms with Gasteiger partial charge >= 0.3 is 12.0 Å². The van der Waals surface area contributed by atoms with Crippen molar-refractivity contribution in [3.05, 3.63) is 0 Å². The van der Waals surface area contributed by atoms with Crippen molar-refractivity contribution in [3.63, 3.8) is 0 Å². The Morgan fingerprint density at radius 1 is 1.59 bits per heavy atom. The maximum absolute atomic E-state index is 11.6. The van der Waals surface area contributed by atoms with Crippen molar-refractivity contribution in [3.8, 4) is 6.07 Å². The van der Waals surface area contributed by atoms with E-state index in [9.17, 15) is 9.59 Å². The molecule has 6 nitrogen and oxygen atoms in total. The molecule has 0 aromatic heterocycles. The van der Waals surface area contributed by atoms with Crippen LogP contribution in [0.5, 0.6) is 0 Å². The zero-order chi connectivity index (χ0) is 13.1. The molecule has 1 aliphatic carbocycles. The number of nitrogens with one attached hydrogen (secondary N) is 1. The van der Waals surface area contributed by atoms with Gasteiger partial charge in [0.25, 0.3) is 0 Å². The lowest BCUT2D eigenvalue weighted by atomic mass is 10.1. The smallest absolute Gasteiger partial charge is 0.317 e. The number of carboxylic acids is 1. The predicted octanol–water partition coefficient (Wildman–Crippen LogP) is 0.652. The highest BCUT2D eigenvalue weighted by Crippen LogP contribution is 2.45. The van der Waals surface area contributed by atoms with Crippen molar-refractivity contribution in [1.82, 2.24) is 10.2 Å². The van der Waals surface area contributed by atoms with Gasteiger partial charge in [-0.1, -0.05) is 0 Å². The van der Waals surface area contributed by atoms with Gasteiger partial charge < -0.3 is 15.3 Å². The van der Waals surface area contributed by atoms with Gasteiger partial charge in [-0.05, 0) is 19.8 Å². The molecule has 0 bridgehead atoms. The van der Waals surface area contributed by atoms with Crippen LogP contribution >= 0.6 is 0 Å². The Labute approximate surface area is 100 Å². The number of nitrogens with zero attached hydrogens (tertiary/aromatic N) is 2. The molecule has 17 heavy (non-hydrogen) atoms. The van der Waals surface area contributed by atoms with Gasteiger partial charge in [0.1, 0.15) is 0 Å². The summed E-state index contributed by atoms with van der Waals surface area (Å²) < 4.78 is 0. The summed E-state index contributed by atoms with van der Waals surface area (Å²) in [6.07, 6.45) is 1.22. The zero-order valence-electron chi connectivity index (χ0n) is 10.1. The van der Waals surface area contributed by atoms with Crippen LogP contribution in [0.1, 0.15) is 19.8 Å². The van der Waals surface area contributed by atoms with E-state index in [1.165, 1.54) is 4.90 Å². The summed E-state index contributed by atoms with van der Waals surface area (Å²) in [7, 11) is 1.59. The molecular formula is C11H17N3O3. The summed E-state index contributed by atoms with van der Waals surface area (Å²) in [5.41, 5.74) is -0.753. The maximum atomic E-state index is 11.6. The van der Waals surface area contributed by atoms with Gasteiger partial charge in [-0.2, -0.15) is 5.26 Å². The third-order valence-corrected chi connectivity index (χ3v) is 3.00. The average molecular weight is 239 g/mol. The number of hydrogen-bond acceptors (Lipinski definition) is 3. The number of urea groups is 1. The second-order valence-electron chi connectivity index (χ2n) is 4.65. The maximum Gasteiger partial charge on any atom is 0.317 e. The first-order valence-electron chi connectivity index (χ1n) is 5.53. The molecule has 1 unspecified atom stereocenters. The van der Waals surface area contributed by atoms with Crippen LogP contribution in [0.25, 0.3) is 0 Å². The third kappa shape index (κ3) is 3.34. The number of rotatable bonds is 5. The minimum Gasteiger partial charge on any atom is -0.481 e. The number of hydrogen-bond donors (Lipinski definition) is 2. The van der Waals surface area contributed by atoms with E-state index in [2.05, 4.69) is 5.32 Å². The van der Waals surface area contributed by atoms with Crippen molar-refractivity contribution < 1.29 is 14.7 Å². The topological polar surface area (TPSA) is 93.4 Å². The lowest BCUT2D eigenvalue weighted by molar-refractivity contribution is -0.143. The van der Waals surface area contributed by atoms with E-state index in [0.29, 0.717) is 19.4 Å². The van der Waals surface area contributed by atoms with E-state index in [1.54, 1.807) is 14.0 Å². The highest BCUT2D eigenvalue weighted by Gasteiger charge is 2.50. The minimum atomic E-state index is -0.856. The van der Waals surface area contributed by atoms with Crippen LogP contribution in [0.15, 0.2) is 0 Å². The van der Waals surface area contributed by atoms with Gasteiger partial charge in [-0.25, -0.2) is 4.79 Å². The molecule has 0 aromatic carbocycles. The Morgan fingerprint density at radius 3 is 2.59 bits per heavy atom. The molecule has 1 atom stereocenters. The Kier molecular flexibility index (Phi) is 3.94.